The summed E-state index contributed by atoms with van der Waals surface area (Å²) in [5.41, 5.74) is 3.42. The molecular formula is C24H23N5O3S2. The van der Waals surface area contributed by atoms with E-state index in [4.69, 9.17) is 4.74 Å². The predicted molar refractivity (Wildman–Crippen MR) is 135 cm³/mol. The summed E-state index contributed by atoms with van der Waals surface area (Å²) in [6.07, 6.45) is 0. The Kier molecular flexibility index (Phi) is 7.29. The van der Waals surface area contributed by atoms with Gasteiger partial charge in [-0.15, -0.1) is 21.5 Å². The van der Waals surface area contributed by atoms with E-state index < -0.39 is 11.9 Å². The lowest BCUT2D eigenvalue weighted by molar-refractivity contribution is -0.117. The van der Waals surface area contributed by atoms with Crippen molar-refractivity contribution in [1.82, 2.24) is 20.1 Å². The third-order valence-corrected chi connectivity index (χ3v) is 6.93. The van der Waals surface area contributed by atoms with E-state index in [0.717, 1.165) is 21.7 Å². The third kappa shape index (κ3) is 5.13. The maximum absolute atomic E-state index is 12.5. The molecule has 2 aromatic carbocycles. The molecule has 0 aliphatic heterocycles. The van der Waals surface area contributed by atoms with Gasteiger partial charge in [0.2, 0.25) is 5.91 Å². The lowest BCUT2D eigenvalue weighted by Crippen LogP contribution is -2.35. The summed E-state index contributed by atoms with van der Waals surface area (Å²) in [7, 11) is 1.60. The van der Waals surface area contributed by atoms with Gasteiger partial charge in [-0.3, -0.25) is 14.7 Å². The fraction of sp³-hybridized carbons (Fsp3) is 0.167. The first-order valence-electron chi connectivity index (χ1n) is 10.4. The Balaban J connectivity index is 1.50. The molecule has 0 aliphatic carbocycles. The van der Waals surface area contributed by atoms with Crippen molar-refractivity contribution in [2.75, 3.05) is 18.2 Å². The number of thioether (sulfide) groups is 1. The van der Waals surface area contributed by atoms with Crippen LogP contribution < -0.4 is 15.4 Å². The molecule has 2 aromatic heterocycles. The molecule has 34 heavy (non-hydrogen) atoms. The van der Waals surface area contributed by atoms with Crippen molar-refractivity contribution in [3.05, 3.63) is 71.1 Å². The average molecular weight is 494 g/mol. The number of anilines is 1. The minimum atomic E-state index is -0.579. The lowest BCUT2D eigenvalue weighted by atomic mass is 10.1. The minimum absolute atomic E-state index is 0.0159. The van der Waals surface area contributed by atoms with Gasteiger partial charge in [-0.25, -0.2) is 4.79 Å². The van der Waals surface area contributed by atoms with E-state index in [0.29, 0.717) is 22.4 Å². The molecule has 4 rings (SSSR count). The zero-order valence-corrected chi connectivity index (χ0v) is 20.5. The van der Waals surface area contributed by atoms with Crippen LogP contribution in [-0.2, 0) is 4.79 Å². The standard InChI is InChI=1S/C24H23N5O3S2/c1-15-8-6-9-17(16(15)2)25-23(31)26-21(30)14-34-24-28-27-22(20-12-7-13-33-20)29(24)18-10-4-5-11-19(18)32-3/h4-13H,14H2,1-3H3,(H2,25,26,30,31). The van der Waals surface area contributed by atoms with Gasteiger partial charge in [0.1, 0.15) is 5.75 Å². The first kappa shape index (κ1) is 23.5. The van der Waals surface area contributed by atoms with Crippen LogP contribution in [0.15, 0.2) is 65.1 Å². The van der Waals surface area contributed by atoms with Gasteiger partial charge in [0, 0.05) is 5.69 Å². The fourth-order valence-corrected chi connectivity index (χ4v) is 4.74. The van der Waals surface area contributed by atoms with Crippen LogP contribution in [0.4, 0.5) is 10.5 Å². The Labute approximate surface area is 205 Å². The number of benzene rings is 2. The third-order valence-electron chi connectivity index (χ3n) is 5.14. The topological polar surface area (TPSA) is 98.1 Å². The second kappa shape index (κ2) is 10.5. The number of thiophene rings is 1. The molecular weight excluding hydrogens is 470 g/mol. The van der Waals surface area contributed by atoms with Gasteiger partial charge >= 0.3 is 6.03 Å². The Hall–Kier alpha value is -3.63. The monoisotopic (exact) mass is 493 g/mol. The Bertz CT molecular complexity index is 1320. The minimum Gasteiger partial charge on any atom is -0.495 e. The number of aromatic nitrogens is 3. The van der Waals surface area contributed by atoms with Gasteiger partial charge in [-0.2, -0.15) is 0 Å². The first-order valence-corrected chi connectivity index (χ1v) is 12.3. The van der Waals surface area contributed by atoms with Crippen molar-refractivity contribution in [2.24, 2.45) is 0 Å². The normalized spacial score (nSPS) is 10.7. The van der Waals surface area contributed by atoms with Gasteiger partial charge in [-0.1, -0.05) is 42.1 Å². The number of methoxy groups -OCH3 is 1. The van der Waals surface area contributed by atoms with E-state index in [2.05, 4.69) is 20.8 Å². The Morgan fingerprint density at radius 3 is 2.65 bits per heavy atom. The summed E-state index contributed by atoms with van der Waals surface area (Å²) in [6.45, 7) is 3.88. The number of carbonyl (C=O) groups excluding carboxylic acids is 2. The molecule has 0 bridgehead atoms. The van der Waals surface area contributed by atoms with E-state index in [9.17, 15) is 9.59 Å². The van der Waals surface area contributed by atoms with Crippen LogP contribution in [0.1, 0.15) is 11.1 Å². The number of para-hydroxylation sites is 2. The SMILES string of the molecule is COc1ccccc1-n1c(SCC(=O)NC(=O)Nc2cccc(C)c2C)nnc1-c1cccs1. The molecule has 2 heterocycles. The maximum Gasteiger partial charge on any atom is 0.325 e. The smallest absolute Gasteiger partial charge is 0.325 e. The summed E-state index contributed by atoms with van der Waals surface area (Å²) >= 11 is 2.73. The number of nitrogens with one attached hydrogen (secondary N) is 2. The highest BCUT2D eigenvalue weighted by molar-refractivity contribution is 7.99. The first-order chi connectivity index (χ1) is 16.5. The number of aryl methyl sites for hydroxylation is 1. The van der Waals surface area contributed by atoms with E-state index in [1.165, 1.54) is 11.8 Å². The molecule has 0 spiro atoms. The largest absolute Gasteiger partial charge is 0.495 e. The number of ether oxygens (including phenoxy) is 1. The van der Waals surface area contributed by atoms with Gasteiger partial charge in [0.05, 0.1) is 23.4 Å². The van der Waals surface area contributed by atoms with Crippen LogP contribution in [0.5, 0.6) is 5.75 Å². The highest BCUT2D eigenvalue weighted by atomic mass is 32.2. The number of rotatable bonds is 7. The van der Waals surface area contributed by atoms with Crippen molar-refractivity contribution >= 4 is 40.7 Å². The number of amides is 3. The number of imide groups is 1. The van der Waals surface area contributed by atoms with E-state index in [-0.39, 0.29) is 5.75 Å². The second-order valence-corrected chi connectivity index (χ2v) is 9.22. The van der Waals surface area contributed by atoms with Crippen LogP contribution in [0, 0.1) is 13.8 Å². The number of hydrogen-bond donors (Lipinski definition) is 2. The molecule has 4 aromatic rings. The van der Waals surface area contributed by atoms with Crippen molar-refractivity contribution in [3.63, 3.8) is 0 Å². The summed E-state index contributed by atoms with van der Waals surface area (Å²) in [5, 5.41) is 16.2. The highest BCUT2D eigenvalue weighted by Gasteiger charge is 2.20. The van der Waals surface area contributed by atoms with Crippen LogP contribution in [0.3, 0.4) is 0 Å². The summed E-state index contributed by atoms with van der Waals surface area (Å²) in [4.78, 5) is 25.8. The molecule has 3 amide bonds. The molecule has 10 heteroatoms. The molecule has 0 unspecified atom stereocenters. The lowest BCUT2D eigenvalue weighted by Gasteiger charge is -2.13. The Morgan fingerprint density at radius 1 is 1.06 bits per heavy atom. The van der Waals surface area contributed by atoms with Gasteiger partial charge < -0.3 is 10.1 Å². The molecule has 174 valence electrons. The fourth-order valence-electron chi connectivity index (χ4n) is 3.29. The molecule has 0 atom stereocenters. The molecule has 0 radical (unpaired) electrons. The predicted octanol–water partition coefficient (Wildman–Crippen LogP) is 5.06. The van der Waals surface area contributed by atoms with Crippen molar-refractivity contribution in [1.29, 1.82) is 0 Å². The van der Waals surface area contributed by atoms with Crippen LogP contribution in [0.2, 0.25) is 0 Å². The highest BCUT2D eigenvalue weighted by Crippen LogP contribution is 2.34. The van der Waals surface area contributed by atoms with E-state index in [1.54, 1.807) is 24.5 Å². The van der Waals surface area contributed by atoms with Crippen molar-refractivity contribution < 1.29 is 14.3 Å². The zero-order chi connectivity index (χ0) is 24.1. The molecule has 8 nitrogen and oxygen atoms in total. The number of carbonyl (C=O) groups is 2. The maximum atomic E-state index is 12.5. The molecule has 0 aliphatic rings. The number of hydrogen-bond acceptors (Lipinski definition) is 7. The number of urea groups is 1. The molecule has 0 saturated heterocycles. The summed E-state index contributed by atoms with van der Waals surface area (Å²) < 4.78 is 7.39. The van der Waals surface area contributed by atoms with Gasteiger partial charge in [0.15, 0.2) is 11.0 Å². The molecule has 2 N–H and O–H groups in total. The molecule has 0 fully saturated rings. The number of nitrogens with zero attached hydrogens (tertiary/aromatic N) is 3. The quantitative estimate of drug-likeness (QED) is 0.349. The Morgan fingerprint density at radius 2 is 1.88 bits per heavy atom. The summed E-state index contributed by atoms with van der Waals surface area (Å²) in [5.74, 6) is 0.840. The van der Waals surface area contributed by atoms with Crippen LogP contribution in [-0.4, -0.2) is 39.6 Å². The van der Waals surface area contributed by atoms with Crippen molar-refractivity contribution in [2.45, 2.75) is 19.0 Å². The second-order valence-electron chi connectivity index (χ2n) is 7.33. The van der Waals surface area contributed by atoms with Crippen LogP contribution in [0.25, 0.3) is 16.4 Å². The zero-order valence-electron chi connectivity index (χ0n) is 18.9. The van der Waals surface area contributed by atoms with E-state index >= 15 is 0 Å². The van der Waals surface area contributed by atoms with E-state index in [1.807, 2.05) is 72.3 Å². The van der Waals surface area contributed by atoms with Crippen LogP contribution >= 0.6 is 23.1 Å². The van der Waals surface area contributed by atoms with Gasteiger partial charge in [0.25, 0.3) is 0 Å². The average Bonchev–Trinajstić information content (AvgIpc) is 3.50. The molecule has 0 saturated carbocycles. The van der Waals surface area contributed by atoms with Crippen molar-refractivity contribution in [3.8, 4) is 22.1 Å². The van der Waals surface area contributed by atoms with Gasteiger partial charge in [-0.05, 0) is 54.6 Å². The summed E-state index contributed by atoms with van der Waals surface area (Å²) in [6, 6.07) is 16.5.